The normalized spacial score (nSPS) is 11.1. The van der Waals surface area contributed by atoms with Gasteiger partial charge in [-0.25, -0.2) is 9.97 Å². The Morgan fingerprint density at radius 2 is 1.95 bits per heavy atom. The first-order valence-electron chi connectivity index (χ1n) is 7.21. The lowest BCUT2D eigenvalue weighted by molar-refractivity contribution is 0.647. The van der Waals surface area contributed by atoms with Crippen molar-refractivity contribution in [3.63, 3.8) is 0 Å². The zero-order valence-electron chi connectivity index (χ0n) is 12.4. The summed E-state index contributed by atoms with van der Waals surface area (Å²) in [5, 5.41) is 0. The minimum absolute atomic E-state index is 0.665. The van der Waals surface area contributed by atoms with Gasteiger partial charge in [0.05, 0.1) is 5.69 Å². The van der Waals surface area contributed by atoms with Crippen molar-refractivity contribution in [1.82, 2.24) is 9.97 Å². The highest BCUT2D eigenvalue weighted by atomic mass is 79.9. The van der Waals surface area contributed by atoms with E-state index in [0.29, 0.717) is 5.92 Å². The molecule has 0 amide bonds. The predicted molar refractivity (Wildman–Crippen MR) is 87.7 cm³/mol. The molecule has 3 heteroatoms. The van der Waals surface area contributed by atoms with Crippen LogP contribution in [0.3, 0.4) is 0 Å². The maximum absolute atomic E-state index is 4.67. The van der Waals surface area contributed by atoms with Crippen LogP contribution in [0.5, 0.6) is 0 Å². The van der Waals surface area contributed by atoms with E-state index >= 15 is 0 Å². The third-order valence-electron chi connectivity index (χ3n) is 3.08. The Morgan fingerprint density at radius 1 is 1.15 bits per heavy atom. The summed E-state index contributed by atoms with van der Waals surface area (Å²) >= 11 is 3.49. The van der Waals surface area contributed by atoms with E-state index in [-0.39, 0.29) is 0 Å². The molecule has 2 nitrogen and oxygen atoms in total. The maximum Gasteiger partial charge on any atom is 0.130 e. The van der Waals surface area contributed by atoms with Crippen LogP contribution >= 0.6 is 15.9 Å². The van der Waals surface area contributed by atoms with E-state index in [9.17, 15) is 0 Å². The van der Waals surface area contributed by atoms with E-state index in [2.05, 4.69) is 70.9 Å². The van der Waals surface area contributed by atoms with E-state index < -0.39 is 0 Å². The summed E-state index contributed by atoms with van der Waals surface area (Å²) < 4.78 is 0.861. The second-order valence-electron chi connectivity index (χ2n) is 5.54. The molecular weight excluding hydrogens is 312 g/mol. The van der Waals surface area contributed by atoms with E-state index in [1.165, 1.54) is 11.1 Å². The molecule has 0 N–H and O–H groups in total. The van der Waals surface area contributed by atoms with Gasteiger partial charge in [0.1, 0.15) is 10.4 Å². The van der Waals surface area contributed by atoms with Crippen molar-refractivity contribution in [2.45, 2.75) is 40.0 Å². The van der Waals surface area contributed by atoms with Crippen molar-refractivity contribution in [3.8, 4) is 11.3 Å². The van der Waals surface area contributed by atoms with Crippen LogP contribution in [-0.4, -0.2) is 9.97 Å². The second kappa shape index (κ2) is 6.98. The van der Waals surface area contributed by atoms with Crippen LogP contribution < -0.4 is 0 Å². The van der Waals surface area contributed by atoms with Crippen molar-refractivity contribution in [3.05, 3.63) is 46.3 Å². The third kappa shape index (κ3) is 4.14. The average Bonchev–Trinajstić information content (AvgIpc) is 2.38. The molecule has 0 radical (unpaired) electrons. The maximum atomic E-state index is 4.67. The lowest BCUT2D eigenvalue weighted by Gasteiger charge is -2.08. The third-order valence-corrected chi connectivity index (χ3v) is 3.49. The molecule has 20 heavy (non-hydrogen) atoms. The fraction of sp³-hybridized carbons (Fsp3) is 0.412. The standard InChI is InChI=1S/C17H21BrN2/c1-4-6-17-19-15(11-16(18)20-17)14-8-5-7-13(10-14)9-12(2)3/h5,7-8,10-12H,4,6,9H2,1-3H3. The molecular formula is C17H21BrN2. The Labute approximate surface area is 129 Å². The van der Waals surface area contributed by atoms with Gasteiger partial charge in [-0.2, -0.15) is 0 Å². The summed E-state index contributed by atoms with van der Waals surface area (Å²) in [5.41, 5.74) is 3.54. The molecule has 0 atom stereocenters. The quantitative estimate of drug-likeness (QED) is 0.715. The van der Waals surface area contributed by atoms with Crippen molar-refractivity contribution in [1.29, 1.82) is 0 Å². The molecule has 106 valence electrons. The number of hydrogen-bond acceptors (Lipinski definition) is 2. The van der Waals surface area contributed by atoms with Gasteiger partial charge in [0, 0.05) is 12.0 Å². The fourth-order valence-electron chi connectivity index (χ4n) is 2.28. The van der Waals surface area contributed by atoms with Crippen LogP contribution in [0.1, 0.15) is 38.6 Å². The highest BCUT2D eigenvalue weighted by Gasteiger charge is 2.06. The van der Waals surface area contributed by atoms with Gasteiger partial charge in [-0.1, -0.05) is 39.0 Å². The van der Waals surface area contributed by atoms with Crippen molar-refractivity contribution in [2.75, 3.05) is 0 Å². The summed E-state index contributed by atoms with van der Waals surface area (Å²) in [7, 11) is 0. The molecule has 0 fully saturated rings. The van der Waals surface area contributed by atoms with E-state index in [1.807, 2.05) is 6.07 Å². The van der Waals surface area contributed by atoms with Crippen LogP contribution in [0.4, 0.5) is 0 Å². The zero-order chi connectivity index (χ0) is 14.5. The number of hydrogen-bond donors (Lipinski definition) is 0. The van der Waals surface area contributed by atoms with Crippen LogP contribution in [0.15, 0.2) is 34.9 Å². The van der Waals surface area contributed by atoms with E-state index in [0.717, 1.165) is 35.4 Å². The molecule has 0 bridgehead atoms. The summed E-state index contributed by atoms with van der Waals surface area (Å²) in [5.74, 6) is 1.57. The molecule has 1 aromatic heterocycles. The lowest BCUT2D eigenvalue weighted by Crippen LogP contribution is -1.98. The summed E-state index contributed by atoms with van der Waals surface area (Å²) in [4.78, 5) is 9.10. The van der Waals surface area contributed by atoms with Crippen molar-refractivity contribution < 1.29 is 0 Å². The molecule has 0 aliphatic carbocycles. The molecule has 0 spiro atoms. The molecule has 2 rings (SSSR count). The average molecular weight is 333 g/mol. The van der Waals surface area contributed by atoms with Crippen molar-refractivity contribution in [2.24, 2.45) is 5.92 Å². The van der Waals surface area contributed by atoms with Gasteiger partial charge < -0.3 is 0 Å². The number of halogens is 1. The molecule has 0 aliphatic rings. The molecule has 0 saturated carbocycles. The minimum atomic E-state index is 0.665. The molecule has 0 aliphatic heterocycles. The van der Waals surface area contributed by atoms with Crippen molar-refractivity contribution >= 4 is 15.9 Å². The molecule has 0 unspecified atom stereocenters. The Kier molecular flexibility index (Phi) is 5.30. The van der Waals surface area contributed by atoms with Gasteiger partial charge in [-0.3, -0.25) is 0 Å². The number of aromatic nitrogens is 2. The topological polar surface area (TPSA) is 25.8 Å². The Hall–Kier alpha value is -1.22. The van der Waals surface area contributed by atoms with Crippen LogP contribution in [0.25, 0.3) is 11.3 Å². The summed E-state index contributed by atoms with van der Waals surface area (Å²) in [6.07, 6.45) is 3.07. The van der Waals surface area contributed by atoms with Crippen LogP contribution in [0.2, 0.25) is 0 Å². The molecule has 2 aromatic rings. The Balaban J connectivity index is 2.35. The number of nitrogens with zero attached hydrogens (tertiary/aromatic N) is 2. The predicted octanol–water partition coefficient (Wildman–Crippen LogP) is 5.06. The van der Waals surface area contributed by atoms with Gasteiger partial charge in [-0.15, -0.1) is 0 Å². The van der Waals surface area contributed by atoms with Crippen LogP contribution in [-0.2, 0) is 12.8 Å². The van der Waals surface area contributed by atoms with Crippen LogP contribution in [0, 0.1) is 5.92 Å². The number of benzene rings is 1. The number of rotatable bonds is 5. The Morgan fingerprint density at radius 3 is 2.65 bits per heavy atom. The first kappa shape index (κ1) is 15.2. The van der Waals surface area contributed by atoms with E-state index in [4.69, 9.17) is 0 Å². The molecule has 1 heterocycles. The van der Waals surface area contributed by atoms with Gasteiger partial charge in [-0.05, 0) is 52.4 Å². The first-order valence-corrected chi connectivity index (χ1v) is 8.00. The summed E-state index contributed by atoms with van der Waals surface area (Å²) in [6.45, 7) is 6.63. The van der Waals surface area contributed by atoms with Gasteiger partial charge in [0.2, 0.25) is 0 Å². The minimum Gasteiger partial charge on any atom is -0.233 e. The monoisotopic (exact) mass is 332 g/mol. The molecule has 1 aromatic carbocycles. The first-order chi connectivity index (χ1) is 9.58. The smallest absolute Gasteiger partial charge is 0.130 e. The molecule has 0 saturated heterocycles. The number of aryl methyl sites for hydroxylation is 1. The van der Waals surface area contributed by atoms with Gasteiger partial charge in [0.25, 0.3) is 0 Å². The lowest BCUT2D eigenvalue weighted by atomic mass is 10.00. The second-order valence-corrected chi connectivity index (χ2v) is 6.35. The van der Waals surface area contributed by atoms with E-state index in [1.54, 1.807) is 0 Å². The fourth-order valence-corrected chi connectivity index (χ4v) is 2.70. The van der Waals surface area contributed by atoms with Gasteiger partial charge in [0.15, 0.2) is 0 Å². The highest BCUT2D eigenvalue weighted by Crippen LogP contribution is 2.22. The SMILES string of the molecule is CCCc1nc(Br)cc(-c2cccc(CC(C)C)c2)n1. The Bertz CT molecular complexity index is 579. The zero-order valence-corrected chi connectivity index (χ0v) is 13.9. The largest absolute Gasteiger partial charge is 0.233 e. The highest BCUT2D eigenvalue weighted by molar-refractivity contribution is 9.10. The summed E-state index contributed by atoms with van der Waals surface area (Å²) in [6, 6.07) is 10.7. The van der Waals surface area contributed by atoms with Gasteiger partial charge >= 0.3 is 0 Å².